The number of anilines is 1. The number of aliphatic hydroxyl groups is 1. The molecule has 0 bridgehead atoms. The Balaban J connectivity index is 1.81. The lowest BCUT2D eigenvalue weighted by Gasteiger charge is -2.24. The van der Waals surface area contributed by atoms with Crippen molar-refractivity contribution in [1.29, 1.82) is 5.26 Å². The number of benzene rings is 1. The number of hydrogen-bond donors (Lipinski definition) is 2. The summed E-state index contributed by atoms with van der Waals surface area (Å²) < 4.78 is 0. The molecular formula is C16H21N3O2. The topological polar surface area (TPSA) is 76.4 Å². The molecule has 21 heavy (non-hydrogen) atoms. The monoisotopic (exact) mass is 287 g/mol. The van der Waals surface area contributed by atoms with Gasteiger partial charge in [-0.1, -0.05) is 6.92 Å². The standard InChI is InChI=1S/C16H21N3O2/c1-12-6-8-19(15(12)11-20)9-7-16(21)18-14-4-2-13(10-17)3-5-14/h2-5,12,15,20H,6-9,11H2,1H3,(H,18,21). The molecule has 5 nitrogen and oxygen atoms in total. The second-order valence-electron chi connectivity index (χ2n) is 5.54. The SMILES string of the molecule is CC1CCN(CCC(=O)Nc2ccc(C#N)cc2)C1CO. The highest BCUT2D eigenvalue weighted by Gasteiger charge is 2.30. The molecule has 0 saturated carbocycles. The van der Waals surface area contributed by atoms with Gasteiger partial charge in [-0.2, -0.15) is 5.26 Å². The largest absolute Gasteiger partial charge is 0.395 e. The van der Waals surface area contributed by atoms with Crippen molar-refractivity contribution in [2.45, 2.75) is 25.8 Å². The van der Waals surface area contributed by atoms with E-state index in [4.69, 9.17) is 5.26 Å². The van der Waals surface area contributed by atoms with E-state index in [9.17, 15) is 9.90 Å². The van der Waals surface area contributed by atoms with E-state index < -0.39 is 0 Å². The average molecular weight is 287 g/mol. The third-order valence-electron chi connectivity index (χ3n) is 4.11. The normalized spacial score (nSPS) is 22.0. The summed E-state index contributed by atoms with van der Waals surface area (Å²) in [5, 5.41) is 20.9. The highest BCUT2D eigenvalue weighted by molar-refractivity contribution is 5.90. The fraction of sp³-hybridized carbons (Fsp3) is 0.500. The molecule has 1 saturated heterocycles. The summed E-state index contributed by atoms with van der Waals surface area (Å²) >= 11 is 0. The number of aliphatic hydroxyl groups excluding tert-OH is 1. The van der Waals surface area contributed by atoms with Gasteiger partial charge in [-0.05, 0) is 43.1 Å². The van der Waals surface area contributed by atoms with Crippen LogP contribution >= 0.6 is 0 Å². The van der Waals surface area contributed by atoms with Crippen molar-refractivity contribution in [2.75, 3.05) is 25.0 Å². The molecule has 2 rings (SSSR count). The van der Waals surface area contributed by atoms with E-state index in [2.05, 4.69) is 17.1 Å². The molecule has 112 valence electrons. The minimum absolute atomic E-state index is 0.0454. The first-order chi connectivity index (χ1) is 10.1. The predicted molar refractivity (Wildman–Crippen MR) is 80.6 cm³/mol. The molecular weight excluding hydrogens is 266 g/mol. The van der Waals surface area contributed by atoms with Crippen LogP contribution in [0.3, 0.4) is 0 Å². The molecule has 1 fully saturated rings. The van der Waals surface area contributed by atoms with Crippen LogP contribution in [0.2, 0.25) is 0 Å². The van der Waals surface area contributed by atoms with E-state index >= 15 is 0 Å². The van der Waals surface area contributed by atoms with E-state index in [-0.39, 0.29) is 18.6 Å². The second kappa shape index (κ2) is 7.21. The Morgan fingerprint density at radius 3 is 2.81 bits per heavy atom. The van der Waals surface area contributed by atoms with E-state index in [1.807, 2.05) is 6.07 Å². The minimum atomic E-state index is -0.0454. The van der Waals surface area contributed by atoms with Crippen LogP contribution in [-0.4, -0.2) is 41.7 Å². The first kappa shape index (κ1) is 15.5. The minimum Gasteiger partial charge on any atom is -0.395 e. The van der Waals surface area contributed by atoms with Gasteiger partial charge in [0.1, 0.15) is 0 Å². The smallest absolute Gasteiger partial charge is 0.225 e. The highest BCUT2D eigenvalue weighted by atomic mass is 16.3. The summed E-state index contributed by atoms with van der Waals surface area (Å²) in [6, 6.07) is 9.03. The Hall–Kier alpha value is -1.90. The molecule has 2 unspecified atom stereocenters. The van der Waals surface area contributed by atoms with Crippen molar-refractivity contribution in [1.82, 2.24) is 4.90 Å². The first-order valence-electron chi connectivity index (χ1n) is 7.29. The zero-order chi connectivity index (χ0) is 15.2. The molecule has 1 aromatic carbocycles. The number of likely N-dealkylation sites (tertiary alicyclic amines) is 1. The lowest BCUT2D eigenvalue weighted by molar-refractivity contribution is -0.116. The Morgan fingerprint density at radius 2 is 2.19 bits per heavy atom. The predicted octanol–water partition coefficient (Wildman–Crippen LogP) is 1.59. The van der Waals surface area contributed by atoms with Gasteiger partial charge in [-0.25, -0.2) is 0 Å². The summed E-state index contributed by atoms with van der Waals surface area (Å²) in [5.74, 6) is 0.438. The molecule has 0 aromatic heterocycles. The van der Waals surface area contributed by atoms with E-state index in [1.54, 1.807) is 24.3 Å². The number of nitrogens with zero attached hydrogens (tertiary/aromatic N) is 2. The molecule has 1 aliphatic heterocycles. The molecule has 0 radical (unpaired) electrons. The van der Waals surface area contributed by atoms with Gasteiger partial charge in [0.05, 0.1) is 18.2 Å². The van der Waals surface area contributed by atoms with Crippen LogP contribution in [0.1, 0.15) is 25.3 Å². The van der Waals surface area contributed by atoms with Crippen molar-refractivity contribution >= 4 is 11.6 Å². The molecule has 1 aromatic rings. The Labute approximate surface area is 125 Å². The number of nitrogens with one attached hydrogen (secondary N) is 1. The van der Waals surface area contributed by atoms with Gasteiger partial charge in [0.15, 0.2) is 0 Å². The second-order valence-corrected chi connectivity index (χ2v) is 5.54. The maximum absolute atomic E-state index is 11.9. The van der Waals surface area contributed by atoms with Crippen LogP contribution in [-0.2, 0) is 4.79 Å². The fourth-order valence-corrected chi connectivity index (χ4v) is 2.76. The molecule has 1 heterocycles. The number of carbonyl (C=O) groups excluding carboxylic acids is 1. The lowest BCUT2D eigenvalue weighted by Crippen LogP contribution is -2.37. The van der Waals surface area contributed by atoms with Crippen LogP contribution in [0.4, 0.5) is 5.69 Å². The number of hydrogen-bond acceptors (Lipinski definition) is 4. The molecule has 5 heteroatoms. The van der Waals surface area contributed by atoms with Gasteiger partial charge in [0.25, 0.3) is 0 Å². The summed E-state index contributed by atoms with van der Waals surface area (Å²) in [7, 11) is 0. The van der Waals surface area contributed by atoms with E-state index in [1.165, 1.54) is 0 Å². The van der Waals surface area contributed by atoms with E-state index in [0.29, 0.717) is 30.1 Å². The number of amides is 1. The number of carbonyl (C=O) groups is 1. The van der Waals surface area contributed by atoms with Gasteiger partial charge in [-0.3, -0.25) is 9.69 Å². The molecule has 1 amide bonds. The average Bonchev–Trinajstić information content (AvgIpc) is 2.86. The van der Waals surface area contributed by atoms with Crippen LogP contribution in [0.25, 0.3) is 0 Å². The quantitative estimate of drug-likeness (QED) is 0.862. The van der Waals surface area contributed by atoms with Crippen LogP contribution < -0.4 is 5.32 Å². The van der Waals surface area contributed by atoms with Gasteiger partial charge >= 0.3 is 0 Å². The van der Waals surface area contributed by atoms with Crippen LogP contribution in [0.5, 0.6) is 0 Å². The van der Waals surface area contributed by atoms with Crippen LogP contribution in [0.15, 0.2) is 24.3 Å². The number of nitriles is 1. The van der Waals surface area contributed by atoms with Gasteiger partial charge < -0.3 is 10.4 Å². The fourth-order valence-electron chi connectivity index (χ4n) is 2.76. The summed E-state index contributed by atoms with van der Waals surface area (Å²) in [6.45, 7) is 3.89. The van der Waals surface area contributed by atoms with Crippen molar-refractivity contribution in [2.24, 2.45) is 5.92 Å². The van der Waals surface area contributed by atoms with Gasteiger partial charge in [0.2, 0.25) is 5.91 Å². The Morgan fingerprint density at radius 1 is 1.48 bits per heavy atom. The maximum atomic E-state index is 11.9. The Bertz CT molecular complexity index is 521. The molecule has 0 aliphatic carbocycles. The maximum Gasteiger partial charge on any atom is 0.225 e. The molecule has 0 spiro atoms. The van der Waals surface area contributed by atoms with Crippen molar-refractivity contribution < 1.29 is 9.90 Å². The zero-order valence-electron chi connectivity index (χ0n) is 12.2. The van der Waals surface area contributed by atoms with Crippen molar-refractivity contribution in [3.05, 3.63) is 29.8 Å². The first-order valence-corrected chi connectivity index (χ1v) is 7.29. The van der Waals surface area contributed by atoms with Crippen molar-refractivity contribution in [3.8, 4) is 6.07 Å². The highest BCUT2D eigenvalue weighted by Crippen LogP contribution is 2.23. The molecule has 2 N–H and O–H groups in total. The third kappa shape index (κ3) is 4.03. The zero-order valence-corrected chi connectivity index (χ0v) is 12.2. The molecule has 1 aliphatic rings. The Kier molecular flexibility index (Phi) is 5.32. The number of rotatable bonds is 5. The van der Waals surface area contributed by atoms with E-state index in [0.717, 1.165) is 13.0 Å². The van der Waals surface area contributed by atoms with Crippen LogP contribution in [0, 0.1) is 17.2 Å². The van der Waals surface area contributed by atoms with Gasteiger partial charge in [-0.15, -0.1) is 0 Å². The van der Waals surface area contributed by atoms with Gasteiger partial charge in [0, 0.05) is 24.7 Å². The van der Waals surface area contributed by atoms with Crippen molar-refractivity contribution in [3.63, 3.8) is 0 Å². The lowest BCUT2D eigenvalue weighted by atomic mass is 10.0. The molecule has 2 atom stereocenters. The summed E-state index contributed by atoms with van der Waals surface area (Å²) in [5.41, 5.74) is 1.28. The summed E-state index contributed by atoms with van der Waals surface area (Å²) in [6.07, 6.45) is 1.48. The third-order valence-corrected chi connectivity index (χ3v) is 4.11. The summed E-state index contributed by atoms with van der Waals surface area (Å²) in [4.78, 5) is 14.1.